The van der Waals surface area contributed by atoms with Crippen LogP contribution in [0.25, 0.3) is 0 Å². The van der Waals surface area contributed by atoms with E-state index in [1.165, 1.54) is 30.8 Å². The minimum Gasteiger partial charge on any atom is -0.380 e. The molecule has 88 valence electrons. The van der Waals surface area contributed by atoms with E-state index in [1.807, 2.05) is 7.11 Å². The maximum absolute atomic E-state index is 6.01. The number of ether oxygens (including phenoxy) is 1. The zero-order valence-electron chi connectivity index (χ0n) is 9.58. The van der Waals surface area contributed by atoms with Gasteiger partial charge in [-0.25, -0.2) is 0 Å². The van der Waals surface area contributed by atoms with Crippen molar-refractivity contribution in [3.05, 3.63) is 0 Å². The van der Waals surface area contributed by atoms with E-state index in [0.717, 1.165) is 19.6 Å². The highest BCUT2D eigenvalue weighted by atomic mass is 32.2. The lowest BCUT2D eigenvalue weighted by Crippen LogP contribution is -2.56. The third-order valence-corrected chi connectivity index (χ3v) is 5.15. The van der Waals surface area contributed by atoms with Crippen LogP contribution in [-0.2, 0) is 4.74 Å². The van der Waals surface area contributed by atoms with E-state index in [9.17, 15) is 0 Å². The van der Waals surface area contributed by atoms with Crippen LogP contribution in [0, 0.1) is 0 Å². The van der Waals surface area contributed by atoms with Gasteiger partial charge in [-0.1, -0.05) is 0 Å². The van der Waals surface area contributed by atoms with Gasteiger partial charge in [-0.2, -0.15) is 11.8 Å². The van der Waals surface area contributed by atoms with Gasteiger partial charge in [0.2, 0.25) is 0 Å². The summed E-state index contributed by atoms with van der Waals surface area (Å²) in [6.07, 6.45) is 4.19. The van der Waals surface area contributed by atoms with Gasteiger partial charge in [0.1, 0.15) is 0 Å². The van der Waals surface area contributed by atoms with Crippen molar-refractivity contribution < 1.29 is 4.74 Å². The molecule has 0 amide bonds. The molecule has 2 rings (SSSR count). The molecule has 0 aromatic carbocycles. The molecule has 0 aromatic heterocycles. The molecule has 0 aromatic rings. The normalized spacial score (nSPS) is 38.4. The van der Waals surface area contributed by atoms with Crippen LogP contribution in [0.15, 0.2) is 0 Å². The largest absolute Gasteiger partial charge is 0.380 e. The Bertz CT molecular complexity index is 207. The average molecular weight is 230 g/mol. The lowest BCUT2D eigenvalue weighted by atomic mass is 9.93. The quantitative estimate of drug-likeness (QED) is 0.783. The molecule has 4 heteroatoms. The number of likely N-dealkylation sites (tertiary alicyclic amines) is 1. The van der Waals surface area contributed by atoms with Gasteiger partial charge in [-0.05, 0) is 25.0 Å². The first-order chi connectivity index (χ1) is 7.30. The number of methoxy groups -OCH3 is 1. The second-order valence-corrected chi connectivity index (χ2v) is 5.78. The fraction of sp³-hybridized carbons (Fsp3) is 1.00. The highest BCUT2D eigenvalue weighted by Gasteiger charge is 2.40. The summed E-state index contributed by atoms with van der Waals surface area (Å²) in [7, 11) is 1.82. The second-order valence-electron chi connectivity index (χ2n) is 4.68. The Labute approximate surface area is 96.7 Å². The minimum atomic E-state index is 0.274. The van der Waals surface area contributed by atoms with Crippen molar-refractivity contribution in [1.82, 2.24) is 4.90 Å². The molecular formula is C11H22N2OS. The Morgan fingerprint density at radius 3 is 3.00 bits per heavy atom. The first-order valence-corrected chi connectivity index (χ1v) is 7.02. The molecule has 2 aliphatic heterocycles. The number of nitrogens with two attached hydrogens (primary N) is 1. The van der Waals surface area contributed by atoms with Crippen molar-refractivity contribution in [1.29, 1.82) is 0 Å². The summed E-state index contributed by atoms with van der Waals surface area (Å²) in [6, 6.07) is 0. The van der Waals surface area contributed by atoms with Crippen molar-refractivity contribution in [2.75, 3.05) is 38.2 Å². The van der Waals surface area contributed by atoms with Crippen LogP contribution in [0.1, 0.15) is 19.3 Å². The van der Waals surface area contributed by atoms with Crippen LogP contribution in [0.5, 0.6) is 0 Å². The van der Waals surface area contributed by atoms with Crippen LogP contribution in [-0.4, -0.2) is 54.8 Å². The van der Waals surface area contributed by atoms with Crippen molar-refractivity contribution in [2.24, 2.45) is 5.73 Å². The molecule has 0 aliphatic carbocycles. The highest BCUT2D eigenvalue weighted by molar-refractivity contribution is 7.99. The Kier molecular flexibility index (Phi) is 3.93. The van der Waals surface area contributed by atoms with Gasteiger partial charge in [0.15, 0.2) is 0 Å². The summed E-state index contributed by atoms with van der Waals surface area (Å²) >= 11 is 2.06. The molecule has 2 atom stereocenters. The molecule has 0 bridgehead atoms. The Morgan fingerprint density at radius 2 is 2.47 bits per heavy atom. The zero-order chi connectivity index (χ0) is 10.7. The van der Waals surface area contributed by atoms with Crippen LogP contribution >= 0.6 is 11.8 Å². The third-order valence-electron chi connectivity index (χ3n) is 3.83. The predicted octanol–water partition coefficient (Wildman–Crippen LogP) is 0.932. The van der Waals surface area contributed by atoms with Crippen molar-refractivity contribution in [3.63, 3.8) is 0 Å². The van der Waals surface area contributed by atoms with Gasteiger partial charge in [0.25, 0.3) is 0 Å². The van der Waals surface area contributed by atoms with Crippen LogP contribution in [0.4, 0.5) is 0 Å². The maximum Gasteiger partial charge on any atom is 0.0710 e. The fourth-order valence-corrected chi connectivity index (χ4v) is 4.05. The lowest BCUT2D eigenvalue weighted by Gasteiger charge is -2.43. The van der Waals surface area contributed by atoms with E-state index in [-0.39, 0.29) is 5.54 Å². The molecule has 3 nitrogen and oxygen atoms in total. The molecule has 2 heterocycles. The van der Waals surface area contributed by atoms with Gasteiger partial charge in [0.05, 0.1) is 6.10 Å². The summed E-state index contributed by atoms with van der Waals surface area (Å²) in [6.45, 7) is 3.04. The number of thioether (sulfide) groups is 1. The Balaban J connectivity index is 1.99. The smallest absolute Gasteiger partial charge is 0.0710 e. The molecule has 0 spiro atoms. The van der Waals surface area contributed by atoms with Crippen LogP contribution in [0.2, 0.25) is 0 Å². The van der Waals surface area contributed by atoms with Crippen molar-refractivity contribution >= 4 is 11.8 Å². The number of nitrogens with zero attached hydrogens (tertiary/aromatic N) is 1. The van der Waals surface area contributed by atoms with E-state index in [1.54, 1.807) is 0 Å². The molecule has 2 saturated heterocycles. The summed E-state index contributed by atoms with van der Waals surface area (Å²) in [5.74, 6) is 2.52. The van der Waals surface area contributed by atoms with Crippen LogP contribution in [0.3, 0.4) is 0 Å². The summed E-state index contributed by atoms with van der Waals surface area (Å²) in [5.41, 5.74) is 6.28. The van der Waals surface area contributed by atoms with Gasteiger partial charge in [-0.3, -0.25) is 4.90 Å². The number of hydrogen-bond acceptors (Lipinski definition) is 4. The highest BCUT2D eigenvalue weighted by Crippen LogP contribution is 2.34. The third kappa shape index (κ3) is 2.33. The molecule has 15 heavy (non-hydrogen) atoms. The number of rotatable bonds is 3. The van der Waals surface area contributed by atoms with E-state index < -0.39 is 0 Å². The zero-order valence-corrected chi connectivity index (χ0v) is 10.4. The van der Waals surface area contributed by atoms with E-state index in [4.69, 9.17) is 10.5 Å². The van der Waals surface area contributed by atoms with E-state index >= 15 is 0 Å². The SMILES string of the molecule is COC1CCN(C2(CN)CCCSC2)C1. The van der Waals surface area contributed by atoms with E-state index in [2.05, 4.69) is 16.7 Å². The average Bonchev–Trinajstić information content (AvgIpc) is 2.79. The van der Waals surface area contributed by atoms with Crippen molar-refractivity contribution in [3.8, 4) is 0 Å². The molecular weight excluding hydrogens is 208 g/mol. The van der Waals surface area contributed by atoms with E-state index in [0.29, 0.717) is 6.10 Å². The number of hydrogen-bond donors (Lipinski definition) is 1. The molecule has 2 fully saturated rings. The molecule has 2 aliphatic rings. The lowest BCUT2D eigenvalue weighted by molar-refractivity contribution is 0.0773. The Hall–Kier alpha value is 0.230. The standard InChI is InChI=1S/C11H22N2OS/c1-14-10-3-5-13(7-10)11(8-12)4-2-6-15-9-11/h10H,2-9,12H2,1H3. The Morgan fingerprint density at radius 1 is 1.60 bits per heavy atom. The molecule has 0 radical (unpaired) electrons. The summed E-state index contributed by atoms with van der Waals surface area (Å²) in [5, 5.41) is 0. The van der Waals surface area contributed by atoms with Crippen molar-refractivity contribution in [2.45, 2.75) is 30.9 Å². The molecule has 2 unspecified atom stereocenters. The van der Waals surface area contributed by atoms with Gasteiger partial charge >= 0.3 is 0 Å². The van der Waals surface area contributed by atoms with Gasteiger partial charge in [-0.15, -0.1) is 0 Å². The summed E-state index contributed by atoms with van der Waals surface area (Å²) < 4.78 is 5.43. The predicted molar refractivity (Wildman–Crippen MR) is 65.3 cm³/mol. The van der Waals surface area contributed by atoms with Gasteiger partial charge < -0.3 is 10.5 Å². The topological polar surface area (TPSA) is 38.5 Å². The summed E-state index contributed by atoms with van der Waals surface area (Å²) in [4.78, 5) is 2.58. The minimum absolute atomic E-state index is 0.274. The first kappa shape index (κ1) is 11.7. The first-order valence-electron chi connectivity index (χ1n) is 5.86. The maximum atomic E-state index is 6.01. The second kappa shape index (κ2) is 5.04. The van der Waals surface area contributed by atoms with Crippen LogP contribution < -0.4 is 5.73 Å². The van der Waals surface area contributed by atoms with Gasteiger partial charge in [0, 0.05) is 38.0 Å². The molecule has 2 N–H and O–H groups in total. The monoisotopic (exact) mass is 230 g/mol. The molecule has 0 saturated carbocycles. The fourth-order valence-electron chi connectivity index (χ4n) is 2.73.